The predicted molar refractivity (Wildman–Crippen MR) is 35.8 cm³/mol. The summed E-state index contributed by atoms with van der Waals surface area (Å²) in [6, 6.07) is 0. The molecular formula is C3H12F3NOS. The lowest BCUT2D eigenvalue weighted by Gasteiger charge is -2.00. The van der Waals surface area contributed by atoms with Gasteiger partial charge < -0.3 is 4.74 Å². The molecule has 1 unspecified atom stereocenters. The average Bonchev–Trinajstić information content (AvgIpc) is 1.65. The van der Waals surface area contributed by atoms with Crippen molar-refractivity contribution in [1.29, 1.82) is 0 Å². The third kappa shape index (κ3) is 18.0. The number of hydrogen-bond acceptors (Lipinski definition) is 3. The molecule has 0 aliphatic rings. The van der Waals surface area contributed by atoms with Gasteiger partial charge in [-0.1, -0.05) is 11.9 Å². The van der Waals surface area contributed by atoms with Crippen molar-refractivity contribution in [2.75, 3.05) is 7.11 Å². The maximum atomic E-state index is 5.07. The van der Waals surface area contributed by atoms with Gasteiger partial charge in [-0.2, -0.15) is 0 Å². The van der Waals surface area contributed by atoms with Crippen LogP contribution in [-0.4, -0.2) is 12.5 Å². The van der Waals surface area contributed by atoms with E-state index in [2.05, 4.69) is 0 Å². The standard InChI is InChI=1S/C3H9NOS.3FH/c1-3(5-2)6-4;;;/h3H,4H2,1-2H3;3*1H. The minimum absolute atomic E-state index is 0. The van der Waals surface area contributed by atoms with Gasteiger partial charge in [0, 0.05) is 7.11 Å². The van der Waals surface area contributed by atoms with E-state index in [0.29, 0.717) is 0 Å². The van der Waals surface area contributed by atoms with Gasteiger partial charge in [0.2, 0.25) is 0 Å². The van der Waals surface area contributed by atoms with Gasteiger partial charge in [0.15, 0.2) is 0 Å². The van der Waals surface area contributed by atoms with Crippen LogP contribution in [0.4, 0.5) is 14.1 Å². The molecule has 0 saturated carbocycles. The summed E-state index contributed by atoms with van der Waals surface area (Å²) in [4.78, 5) is 0. The van der Waals surface area contributed by atoms with E-state index in [-0.39, 0.29) is 19.5 Å². The van der Waals surface area contributed by atoms with Gasteiger partial charge >= 0.3 is 0 Å². The minimum atomic E-state index is 0. The fraction of sp³-hybridized carbons (Fsp3) is 1.00. The second-order valence-corrected chi connectivity index (χ2v) is 1.88. The average molecular weight is 167 g/mol. The summed E-state index contributed by atoms with van der Waals surface area (Å²) in [5.41, 5.74) is 0.130. The van der Waals surface area contributed by atoms with Crippen LogP contribution in [0, 0.1) is 0 Å². The first kappa shape index (κ1) is 23.0. The highest BCUT2D eigenvalue weighted by Crippen LogP contribution is 1.98. The first-order valence-corrected chi connectivity index (χ1v) is 2.64. The van der Waals surface area contributed by atoms with Crippen molar-refractivity contribution in [2.24, 2.45) is 5.14 Å². The van der Waals surface area contributed by atoms with E-state index in [9.17, 15) is 0 Å². The highest BCUT2D eigenvalue weighted by Gasteiger charge is 1.89. The Morgan fingerprint density at radius 2 is 1.67 bits per heavy atom. The van der Waals surface area contributed by atoms with Crippen LogP contribution in [-0.2, 0) is 4.74 Å². The van der Waals surface area contributed by atoms with Crippen molar-refractivity contribution in [3.8, 4) is 0 Å². The molecule has 2 nitrogen and oxygen atoms in total. The van der Waals surface area contributed by atoms with E-state index in [1.54, 1.807) is 7.11 Å². The van der Waals surface area contributed by atoms with Gasteiger partial charge in [-0.05, 0) is 6.92 Å². The number of halogens is 3. The van der Waals surface area contributed by atoms with Gasteiger partial charge in [-0.3, -0.25) is 19.3 Å². The summed E-state index contributed by atoms with van der Waals surface area (Å²) >= 11 is 1.20. The molecule has 0 aliphatic heterocycles. The number of methoxy groups -OCH3 is 1. The summed E-state index contributed by atoms with van der Waals surface area (Å²) in [5.74, 6) is 0. The predicted octanol–water partition coefficient (Wildman–Crippen LogP) is 1.04. The first-order valence-electron chi connectivity index (χ1n) is 1.69. The Kier molecular flexibility index (Phi) is 40.1. The van der Waals surface area contributed by atoms with Crippen LogP contribution >= 0.6 is 11.9 Å². The van der Waals surface area contributed by atoms with Gasteiger partial charge in [-0.15, -0.1) is 0 Å². The molecule has 0 aliphatic carbocycles. The Morgan fingerprint density at radius 3 is 1.67 bits per heavy atom. The molecule has 0 aromatic carbocycles. The second-order valence-electron chi connectivity index (χ2n) is 0.939. The molecule has 0 heterocycles. The first-order chi connectivity index (χ1) is 2.81. The normalized spacial score (nSPS) is 9.67. The third-order valence-electron chi connectivity index (χ3n) is 0.524. The molecule has 0 bridgehead atoms. The lowest BCUT2D eigenvalue weighted by molar-refractivity contribution is 0.188. The summed E-state index contributed by atoms with van der Waals surface area (Å²) in [6.45, 7) is 1.89. The van der Waals surface area contributed by atoms with E-state index in [4.69, 9.17) is 9.88 Å². The van der Waals surface area contributed by atoms with Crippen LogP contribution in [0.2, 0.25) is 0 Å². The molecule has 2 N–H and O–H groups in total. The van der Waals surface area contributed by atoms with Crippen molar-refractivity contribution in [3.63, 3.8) is 0 Å². The van der Waals surface area contributed by atoms with Gasteiger partial charge in [-0.25, -0.2) is 0 Å². The molecule has 0 aromatic heterocycles. The van der Waals surface area contributed by atoms with Crippen molar-refractivity contribution < 1.29 is 18.9 Å². The topological polar surface area (TPSA) is 35.2 Å². The molecule has 0 aromatic rings. The molecule has 62 valence electrons. The zero-order valence-corrected chi connectivity index (χ0v) is 6.01. The molecule has 0 fully saturated rings. The summed E-state index contributed by atoms with van der Waals surface area (Å²) < 4.78 is 4.74. The zero-order valence-electron chi connectivity index (χ0n) is 5.20. The largest absolute Gasteiger partial charge is 0.370 e. The Bertz CT molecular complexity index is 38.2. The maximum Gasteiger partial charge on any atom is 0.113 e. The molecule has 0 spiro atoms. The van der Waals surface area contributed by atoms with Gasteiger partial charge in [0.25, 0.3) is 0 Å². The second kappa shape index (κ2) is 15.7. The third-order valence-corrected chi connectivity index (χ3v) is 1.10. The van der Waals surface area contributed by atoms with Crippen LogP contribution in [0.3, 0.4) is 0 Å². The Balaban J connectivity index is -0.0000000417. The molecule has 0 saturated heterocycles. The summed E-state index contributed by atoms with van der Waals surface area (Å²) in [5, 5.41) is 5.07. The molecule has 0 amide bonds. The van der Waals surface area contributed by atoms with E-state index in [1.807, 2.05) is 6.92 Å². The van der Waals surface area contributed by atoms with Crippen molar-refractivity contribution in [3.05, 3.63) is 0 Å². The van der Waals surface area contributed by atoms with E-state index >= 15 is 0 Å². The van der Waals surface area contributed by atoms with Crippen LogP contribution in [0.5, 0.6) is 0 Å². The maximum absolute atomic E-state index is 5.07. The highest BCUT2D eigenvalue weighted by molar-refractivity contribution is 7.97. The van der Waals surface area contributed by atoms with Crippen LogP contribution in [0.1, 0.15) is 6.92 Å². The Labute approximate surface area is 56.4 Å². The summed E-state index contributed by atoms with van der Waals surface area (Å²) in [7, 11) is 1.63. The van der Waals surface area contributed by atoms with Gasteiger partial charge in [0.05, 0.1) is 0 Å². The molecule has 1 atom stereocenters. The van der Waals surface area contributed by atoms with E-state index in [0.717, 1.165) is 0 Å². The van der Waals surface area contributed by atoms with Gasteiger partial charge in [0.1, 0.15) is 5.44 Å². The van der Waals surface area contributed by atoms with Crippen molar-refractivity contribution >= 4 is 11.9 Å². The Morgan fingerprint density at radius 1 is 1.33 bits per heavy atom. The van der Waals surface area contributed by atoms with Crippen LogP contribution in [0.15, 0.2) is 0 Å². The molecule has 0 rings (SSSR count). The number of rotatable bonds is 2. The fourth-order valence-corrected chi connectivity index (χ4v) is 0.167. The minimum Gasteiger partial charge on any atom is -0.370 e. The van der Waals surface area contributed by atoms with E-state index in [1.165, 1.54) is 11.9 Å². The Hall–Kier alpha value is 0.0600. The monoisotopic (exact) mass is 167 g/mol. The number of nitrogens with two attached hydrogens (primary N) is 1. The zero-order chi connectivity index (χ0) is 4.99. The smallest absolute Gasteiger partial charge is 0.113 e. The molecule has 6 heteroatoms. The number of hydrogen-bond donors (Lipinski definition) is 1. The molecule has 0 radical (unpaired) electrons. The van der Waals surface area contributed by atoms with Crippen LogP contribution in [0.25, 0.3) is 0 Å². The lowest BCUT2D eigenvalue weighted by atomic mass is 10.9. The fourth-order valence-electron chi connectivity index (χ4n) is 0.0556. The quantitative estimate of drug-likeness (QED) is 0.493. The summed E-state index contributed by atoms with van der Waals surface area (Å²) in [6.07, 6.45) is 0. The van der Waals surface area contributed by atoms with Crippen molar-refractivity contribution in [1.82, 2.24) is 0 Å². The van der Waals surface area contributed by atoms with Crippen molar-refractivity contribution in [2.45, 2.75) is 12.4 Å². The molecular weight excluding hydrogens is 155 g/mol. The van der Waals surface area contributed by atoms with E-state index < -0.39 is 0 Å². The highest BCUT2D eigenvalue weighted by atomic mass is 32.2. The van der Waals surface area contributed by atoms with Crippen LogP contribution < -0.4 is 5.14 Å². The number of ether oxygens (including phenoxy) is 1. The SMILES string of the molecule is COC(C)SN.F.F.F. The molecule has 9 heavy (non-hydrogen) atoms. The lowest BCUT2D eigenvalue weighted by Crippen LogP contribution is -2.00.